The number of nitrogens with zero attached hydrogens (tertiary/aromatic N) is 2. The lowest BCUT2D eigenvalue weighted by atomic mass is 10.1. The molecule has 0 bridgehead atoms. The molecular formula is C15H31N3O. The molecule has 19 heavy (non-hydrogen) atoms. The highest BCUT2D eigenvalue weighted by Crippen LogP contribution is 2.08. The van der Waals surface area contributed by atoms with Gasteiger partial charge in [-0.15, -0.1) is 0 Å². The monoisotopic (exact) mass is 269 g/mol. The van der Waals surface area contributed by atoms with E-state index in [0.29, 0.717) is 5.91 Å². The van der Waals surface area contributed by atoms with Gasteiger partial charge in [-0.25, -0.2) is 0 Å². The van der Waals surface area contributed by atoms with E-state index in [1.807, 2.05) is 11.9 Å². The lowest BCUT2D eigenvalue weighted by molar-refractivity contribution is -0.134. The zero-order valence-electron chi connectivity index (χ0n) is 13.1. The second-order valence-corrected chi connectivity index (χ2v) is 6.25. The zero-order valence-corrected chi connectivity index (χ0v) is 13.1. The molecule has 0 aromatic carbocycles. The Morgan fingerprint density at radius 1 is 1.26 bits per heavy atom. The molecule has 1 N–H and O–H groups in total. The van der Waals surface area contributed by atoms with E-state index >= 15 is 0 Å². The van der Waals surface area contributed by atoms with Crippen LogP contribution in [0.15, 0.2) is 0 Å². The number of piperazine rings is 1. The lowest BCUT2D eigenvalue weighted by Gasteiger charge is -2.30. The van der Waals surface area contributed by atoms with Gasteiger partial charge in [-0.2, -0.15) is 0 Å². The van der Waals surface area contributed by atoms with Crippen LogP contribution in [0.2, 0.25) is 0 Å². The molecule has 1 heterocycles. The van der Waals surface area contributed by atoms with E-state index in [1.54, 1.807) is 0 Å². The van der Waals surface area contributed by atoms with Gasteiger partial charge in [-0.05, 0) is 18.8 Å². The molecule has 1 rings (SSSR count). The van der Waals surface area contributed by atoms with Crippen LogP contribution in [0.1, 0.15) is 33.6 Å². The number of carbonyl (C=O) groups is 1. The van der Waals surface area contributed by atoms with E-state index in [2.05, 4.69) is 31.0 Å². The first-order valence-corrected chi connectivity index (χ1v) is 7.68. The smallest absolute Gasteiger partial charge is 0.226 e. The van der Waals surface area contributed by atoms with Crippen molar-refractivity contribution in [3.05, 3.63) is 0 Å². The van der Waals surface area contributed by atoms with Crippen molar-refractivity contribution in [3.8, 4) is 0 Å². The number of rotatable bonds is 7. The Bertz CT molecular complexity index is 262. The quantitative estimate of drug-likeness (QED) is 0.759. The number of hydrogen-bond acceptors (Lipinski definition) is 3. The molecule has 0 radical (unpaired) electrons. The predicted octanol–water partition coefficient (Wildman–Crippen LogP) is 1.42. The standard InChI is InChI=1S/C15H31N3O/c1-13(2)6-5-9-17(4)15(19)14(3)12-18-10-7-16-8-11-18/h13-14,16H,5-12H2,1-4H3. The number of hydrogen-bond donors (Lipinski definition) is 1. The molecule has 0 saturated carbocycles. The van der Waals surface area contributed by atoms with Crippen LogP contribution in [0.3, 0.4) is 0 Å². The van der Waals surface area contributed by atoms with Crippen molar-refractivity contribution in [2.45, 2.75) is 33.6 Å². The van der Waals surface area contributed by atoms with Crippen molar-refractivity contribution in [2.75, 3.05) is 46.3 Å². The molecule has 1 unspecified atom stereocenters. The summed E-state index contributed by atoms with van der Waals surface area (Å²) in [6, 6.07) is 0. The highest BCUT2D eigenvalue weighted by molar-refractivity contribution is 5.78. The molecular weight excluding hydrogens is 238 g/mol. The molecule has 1 atom stereocenters. The summed E-state index contributed by atoms with van der Waals surface area (Å²) in [6.07, 6.45) is 2.31. The summed E-state index contributed by atoms with van der Waals surface area (Å²) in [5.41, 5.74) is 0. The van der Waals surface area contributed by atoms with Crippen molar-refractivity contribution >= 4 is 5.91 Å². The Balaban J connectivity index is 2.25. The van der Waals surface area contributed by atoms with Gasteiger partial charge in [0.1, 0.15) is 0 Å². The van der Waals surface area contributed by atoms with E-state index < -0.39 is 0 Å². The molecule has 1 saturated heterocycles. The minimum absolute atomic E-state index is 0.113. The van der Waals surface area contributed by atoms with Crippen LogP contribution in [0, 0.1) is 11.8 Å². The second-order valence-electron chi connectivity index (χ2n) is 6.25. The molecule has 1 amide bonds. The minimum Gasteiger partial charge on any atom is -0.345 e. The van der Waals surface area contributed by atoms with Crippen molar-refractivity contribution in [2.24, 2.45) is 11.8 Å². The minimum atomic E-state index is 0.113. The van der Waals surface area contributed by atoms with Crippen molar-refractivity contribution < 1.29 is 4.79 Å². The van der Waals surface area contributed by atoms with Crippen LogP contribution >= 0.6 is 0 Å². The van der Waals surface area contributed by atoms with Crippen LogP contribution in [0.5, 0.6) is 0 Å². The summed E-state index contributed by atoms with van der Waals surface area (Å²) in [7, 11) is 1.94. The summed E-state index contributed by atoms with van der Waals surface area (Å²) in [4.78, 5) is 16.6. The van der Waals surface area contributed by atoms with Gasteiger partial charge in [-0.1, -0.05) is 20.8 Å². The molecule has 1 fully saturated rings. The summed E-state index contributed by atoms with van der Waals surface area (Å²) in [6.45, 7) is 12.5. The summed E-state index contributed by atoms with van der Waals surface area (Å²) in [5.74, 6) is 1.13. The molecule has 1 aliphatic heterocycles. The Labute approximate surface area is 118 Å². The van der Waals surface area contributed by atoms with Gasteiger partial charge in [0, 0.05) is 52.2 Å². The third kappa shape index (κ3) is 6.39. The highest BCUT2D eigenvalue weighted by atomic mass is 16.2. The van der Waals surface area contributed by atoms with Crippen LogP contribution < -0.4 is 5.32 Å². The first-order valence-electron chi connectivity index (χ1n) is 7.68. The van der Waals surface area contributed by atoms with Crippen molar-refractivity contribution in [1.82, 2.24) is 15.1 Å². The third-order valence-corrected chi connectivity index (χ3v) is 3.81. The van der Waals surface area contributed by atoms with Gasteiger partial charge >= 0.3 is 0 Å². The molecule has 0 aliphatic carbocycles. The summed E-state index contributed by atoms with van der Waals surface area (Å²) >= 11 is 0. The maximum absolute atomic E-state index is 12.3. The molecule has 112 valence electrons. The van der Waals surface area contributed by atoms with Gasteiger partial charge in [0.25, 0.3) is 0 Å². The van der Waals surface area contributed by atoms with Crippen LogP contribution in [-0.2, 0) is 4.79 Å². The van der Waals surface area contributed by atoms with Crippen LogP contribution in [-0.4, -0.2) is 62.0 Å². The molecule has 4 heteroatoms. The van der Waals surface area contributed by atoms with Gasteiger partial charge in [0.05, 0.1) is 0 Å². The topological polar surface area (TPSA) is 35.6 Å². The first kappa shape index (κ1) is 16.4. The van der Waals surface area contributed by atoms with Gasteiger partial charge < -0.3 is 15.1 Å². The number of amides is 1. The average molecular weight is 269 g/mol. The van der Waals surface area contributed by atoms with E-state index in [9.17, 15) is 4.79 Å². The van der Waals surface area contributed by atoms with E-state index in [4.69, 9.17) is 0 Å². The maximum Gasteiger partial charge on any atom is 0.226 e. The van der Waals surface area contributed by atoms with Crippen molar-refractivity contribution in [1.29, 1.82) is 0 Å². The molecule has 0 spiro atoms. The van der Waals surface area contributed by atoms with Crippen LogP contribution in [0.4, 0.5) is 0 Å². The van der Waals surface area contributed by atoms with Gasteiger partial charge in [0.2, 0.25) is 5.91 Å². The maximum atomic E-state index is 12.3. The average Bonchev–Trinajstić information content (AvgIpc) is 2.38. The molecule has 0 aromatic rings. The van der Waals surface area contributed by atoms with Crippen molar-refractivity contribution in [3.63, 3.8) is 0 Å². The molecule has 4 nitrogen and oxygen atoms in total. The van der Waals surface area contributed by atoms with E-state index in [1.165, 1.54) is 6.42 Å². The van der Waals surface area contributed by atoms with Gasteiger partial charge in [0.15, 0.2) is 0 Å². The molecule has 1 aliphatic rings. The summed E-state index contributed by atoms with van der Waals surface area (Å²) < 4.78 is 0. The zero-order chi connectivity index (χ0) is 14.3. The second kappa shape index (κ2) is 8.54. The van der Waals surface area contributed by atoms with E-state index in [-0.39, 0.29) is 5.92 Å². The Kier molecular flexibility index (Phi) is 7.39. The number of carbonyl (C=O) groups excluding carboxylic acids is 1. The van der Waals surface area contributed by atoms with E-state index in [0.717, 1.165) is 51.6 Å². The fourth-order valence-corrected chi connectivity index (χ4v) is 2.58. The Morgan fingerprint density at radius 2 is 1.89 bits per heavy atom. The fraction of sp³-hybridized carbons (Fsp3) is 0.933. The fourth-order valence-electron chi connectivity index (χ4n) is 2.58. The van der Waals surface area contributed by atoms with Gasteiger partial charge in [-0.3, -0.25) is 4.79 Å². The Hall–Kier alpha value is -0.610. The third-order valence-electron chi connectivity index (χ3n) is 3.81. The largest absolute Gasteiger partial charge is 0.345 e. The SMILES string of the molecule is CC(C)CCCN(C)C(=O)C(C)CN1CCNCC1. The first-order chi connectivity index (χ1) is 9.00. The van der Waals surface area contributed by atoms with Crippen LogP contribution in [0.25, 0.3) is 0 Å². The summed E-state index contributed by atoms with van der Waals surface area (Å²) in [5, 5.41) is 3.34. The lowest BCUT2D eigenvalue weighted by Crippen LogP contribution is -2.47. The predicted molar refractivity (Wildman–Crippen MR) is 80.2 cm³/mol. The molecule has 0 aromatic heterocycles. The number of nitrogens with one attached hydrogen (secondary N) is 1. The Morgan fingerprint density at radius 3 is 2.47 bits per heavy atom. The normalized spacial score (nSPS) is 18.6. The highest BCUT2D eigenvalue weighted by Gasteiger charge is 2.21.